The Morgan fingerprint density at radius 2 is 1.73 bits per heavy atom. The fourth-order valence-corrected chi connectivity index (χ4v) is 7.68. The quantitative estimate of drug-likeness (QED) is 0.326. The van der Waals surface area contributed by atoms with Crippen molar-refractivity contribution in [1.82, 2.24) is 4.98 Å². The van der Waals surface area contributed by atoms with E-state index in [1.807, 2.05) is 6.92 Å². The first-order valence-corrected chi connectivity index (χ1v) is 17.9. The van der Waals surface area contributed by atoms with Gasteiger partial charge in [-0.2, -0.15) is 13.2 Å². The van der Waals surface area contributed by atoms with Gasteiger partial charge in [-0.1, -0.05) is 53.5 Å². The Balaban J connectivity index is 2.15. The fraction of sp³-hybridized carbons (Fsp3) is 0.667. The van der Waals surface area contributed by atoms with E-state index < -0.39 is 26.2 Å². The molecular weight excluding hydrogens is 543 g/mol. The minimum absolute atomic E-state index is 0.0258. The Morgan fingerprint density at radius 3 is 2.27 bits per heavy atom. The Bertz CT molecular complexity index is 1260. The monoisotopic (exact) mass is 591 g/mol. The first kappa shape index (κ1) is 32.2. The summed E-state index contributed by atoms with van der Waals surface area (Å²) < 4.78 is 56.8. The molecule has 2 aromatic rings. The molecule has 228 valence electrons. The maximum absolute atomic E-state index is 14.6. The molecule has 4 rings (SSSR count). The fourth-order valence-electron chi connectivity index (χ4n) is 6.42. The van der Waals surface area contributed by atoms with Crippen molar-refractivity contribution in [3.63, 3.8) is 0 Å². The molecule has 0 aliphatic heterocycles. The molecule has 2 atom stereocenters. The molecule has 41 heavy (non-hydrogen) atoms. The Hall–Kier alpha value is -1.74. The van der Waals surface area contributed by atoms with Crippen molar-refractivity contribution >= 4 is 8.32 Å². The number of alkyl halides is 3. The van der Waals surface area contributed by atoms with Crippen LogP contribution in [0.1, 0.15) is 125 Å². The van der Waals surface area contributed by atoms with Crippen LogP contribution in [0.15, 0.2) is 18.2 Å². The smallest absolute Gasteiger partial charge is 0.410 e. The molecule has 1 fully saturated rings. The largest absolute Gasteiger partial charge is 0.417 e. The molecule has 0 amide bonds. The molecule has 0 radical (unpaired) electrons. The highest BCUT2D eigenvalue weighted by Gasteiger charge is 2.46. The third-order valence-corrected chi connectivity index (χ3v) is 14.2. The number of aromatic nitrogens is 1. The number of methoxy groups -OCH3 is 1. The van der Waals surface area contributed by atoms with E-state index in [2.05, 4.69) is 47.7 Å². The van der Waals surface area contributed by atoms with Gasteiger partial charge >= 0.3 is 6.18 Å². The highest BCUT2D eigenvalue weighted by atomic mass is 28.4. The molecule has 0 spiro atoms. The number of pyridine rings is 1. The van der Waals surface area contributed by atoms with Gasteiger partial charge in [-0.05, 0) is 90.9 Å². The maximum atomic E-state index is 14.6. The van der Waals surface area contributed by atoms with Crippen LogP contribution in [0.5, 0.6) is 0 Å². The molecule has 2 aliphatic rings. The lowest BCUT2D eigenvalue weighted by Crippen LogP contribution is -2.44. The summed E-state index contributed by atoms with van der Waals surface area (Å²) in [6.07, 6.45) is 0.0952. The van der Waals surface area contributed by atoms with Crippen molar-refractivity contribution < 1.29 is 27.4 Å². The lowest BCUT2D eigenvalue weighted by atomic mass is 9.70. The van der Waals surface area contributed by atoms with Gasteiger partial charge in [-0.3, -0.25) is 4.98 Å². The summed E-state index contributed by atoms with van der Waals surface area (Å²) in [5.74, 6) is 0.107. The number of fused-ring (bicyclic) bond motifs is 1. The molecule has 1 saturated carbocycles. The highest BCUT2D eigenvalue weighted by molar-refractivity contribution is 6.74. The number of aliphatic hydroxyl groups is 1. The van der Waals surface area contributed by atoms with E-state index >= 15 is 0 Å². The first-order valence-electron chi connectivity index (χ1n) is 15.0. The molecule has 1 aromatic carbocycles. The van der Waals surface area contributed by atoms with Crippen LogP contribution < -0.4 is 0 Å². The van der Waals surface area contributed by atoms with Gasteiger partial charge in [0, 0.05) is 23.9 Å². The summed E-state index contributed by atoms with van der Waals surface area (Å²) in [6.45, 7) is 17.1. The second-order valence-electron chi connectivity index (χ2n) is 14.5. The van der Waals surface area contributed by atoms with Gasteiger partial charge in [0.05, 0.1) is 30.1 Å². The third kappa shape index (κ3) is 6.46. The SMILES string of the molecule is COC(C)c1nc2c(c(C3CCCC3)c1-c1cc(CO)ccc1C(F)(F)F)C(O[Si](C)(C)C(C)(C)C)CC(C)(C)C2. The molecule has 0 saturated heterocycles. The molecule has 1 aromatic heterocycles. The topological polar surface area (TPSA) is 51.6 Å². The Kier molecular flexibility index (Phi) is 8.95. The zero-order chi connectivity index (χ0) is 30.5. The maximum Gasteiger partial charge on any atom is 0.417 e. The molecule has 1 N–H and O–H groups in total. The van der Waals surface area contributed by atoms with E-state index in [0.29, 0.717) is 16.8 Å². The molecule has 4 nitrogen and oxygen atoms in total. The standard InChI is InChI=1S/C33H48F3NO3Si/c1-20(39-7)30-28(23-16-21(19-38)14-15-24(23)33(34,35)36)27(22-12-10-11-13-22)29-25(37-30)17-32(5,6)18-26(29)40-41(8,9)31(2,3)4/h14-16,20,22,26,38H,10-13,17-19H2,1-9H3. The van der Waals surface area contributed by atoms with E-state index in [9.17, 15) is 18.3 Å². The van der Waals surface area contributed by atoms with Gasteiger partial charge in [0.1, 0.15) is 0 Å². The van der Waals surface area contributed by atoms with Crippen LogP contribution in [0, 0.1) is 5.41 Å². The first-order chi connectivity index (χ1) is 18.9. The molecule has 0 bridgehead atoms. The number of nitrogens with zero attached hydrogens (tertiary/aromatic N) is 1. The van der Waals surface area contributed by atoms with Crippen LogP contribution >= 0.6 is 0 Å². The van der Waals surface area contributed by atoms with Crippen molar-refractivity contribution in [1.29, 1.82) is 0 Å². The average molecular weight is 592 g/mol. The zero-order valence-electron chi connectivity index (χ0n) is 26.3. The molecule has 8 heteroatoms. The van der Waals surface area contributed by atoms with Crippen LogP contribution in [0.25, 0.3) is 11.1 Å². The van der Waals surface area contributed by atoms with E-state index in [-0.39, 0.29) is 34.6 Å². The third-order valence-electron chi connectivity index (χ3n) is 9.67. The minimum atomic E-state index is -4.57. The number of aliphatic hydroxyl groups excluding tert-OH is 1. The number of hydrogen-bond acceptors (Lipinski definition) is 4. The van der Waals surface area contributed by atoms with E-state index in [1.54, 1.807) is 7.11 Å². The van der Waals surface area contributed by atoms with Gasteiger partial charge in [-0.15, -0.1) is 0 Å². The summed E-state index contributed by atoms with van der Waals surface area (Å²) in [7, 11) is -0.669. The zero-order valence-corrected chi connectivity index (χ0v) is 27.3. The molecule has 2 aliphatic carbocycles. The van der Waals surface area contributed by atoms with Crippen LogP contribution in [0.4, 0.5) is 13.2 Å². The number of rotatable bonds is 7. The summed E-state index contributed by atoms with van der Waals surface area (Å²) >= 11 is 0. The summed E-state index contributed by atoms with van der Waals surface area (Å²) in [5.41, 5.74) is 3.69. The number of hydrogen-bond donors (Lipinski definition) is 1. The normalized spacial score (nSPS) is 20.8. The molecule has 1 heterocycles. The van der Waals surface area contributed by atoms with E-state index in [1.165, 1.54) is 12.1 Å². The van der Waals surface area contributed by atoms with Crippen LogP contribution in [0.3, 0.4) is 0 Å². The van der Waals surface area contributed by atoms with Crippen molar-refractivity contribution in [2.75, 3.05) is 7.11 Å². The number of ether oxygens (including phenoxy) is 1. The average Bonchev–Trinajstić information content (AvgIpc) is 3.39. The van der Waals surface area contributed by atoms with Crippen molar-refractivity contribution in [3.05, 3.63) is 51.8 Å². The van der Waals surface area contributed by atoms with Crippen LogP contribution in [-0.4, -0.2) is 25.5 Å². The van der Waals surface area contributed by atoms with Gasteiger partial charge in [0.15, 0.2) is 8.32 Å². The second kappa shape index (κ2) is 11.4. The molecular formula is C33H48F3NO3Si. The van der Waals surface area contributed by atoms with Gasteiger partial charge < -0.3 is 14.3 Å². The lowest BCUT2D eigenvalue weighted by Gasteiger charge is -2.45. The van der Waals surface area contributed by atoms with Crippen LogP contribution in [-0.2, 0) is 28.4 Å². The number of benzene rings is 1. The minimum Gasteiger partial charge on any atom is -0.410 e. The summed E-state index contributed by atoms with van der Waals surface area (Å²) in [6, 6.07) is 3.97. The van der Waals surface area contributed by atoms with Gasteiger partial charge in [0.2, 0.25) is 0 Å². The predicted octanol–water partition coefficient (Wildman–Crippen LogP) is 9.66. The lowest BCUT2D eigenvalue weighted by molar-refractivity contribution is -0.137. The van der Waals surface area contributed by atoms with Crippen molar-refractivity contribution in [2.24, 2.45) is 5.41 Å². The molecule has 2 unspecified atom stereocenters. The van der Waals surface area contributed by atoms with Gasteiger partial charge in [0.25, 0.3) is 0 Å². The number of halogens is 3. The Labute approximate surface area is 245 Å². The van der Waals surface area contributed by atoms with Crippen molar-refractivity contribution in [2.45, 2.75) is 129 Å². The predicted molar refractivity (Wildman–Crippen MR) is 160 cm³/mol. The summed E-state index contributed by atoms with van der Waals surface area (Å²) in [5, 5.41) is 9.94. The van der Waals surface area contributed by atoms with Crippen molar-refractivity contribution in [3.8, 4) is 11.1 Å². The summed E-state index contributed by atoms with van der Waals surface area (Å²) in [4.78, 5) is 5.19. The Morgan fingerprint density at radius 1 is 1.10 bits per heavy atom. The van der Waals surface area contributed by atoms with Crippen LogP contribution in [0.2, 0.25) is 18.1 Å². The van der Waals surface area contributed by atoms with E-state index in [0.717, 1.165) is 61.4 Å². The van der Waals surface area contributed by atoms with E-state index in [4.69, 9.17) is 14.1 Å². The highest BCUT2D eigenvalue weighted by Crippen LogP contribution is 2.54. The second-order valence-corrected chi connectivity index (χ2v) is 19.2. The van der Waals surface area contributed by atoms with Gasteiger partial charge in [-0.25, -0.2) is 0 Å².